The van der Waals surface area contributed by atoms with Crippen LogP contribution in [-0.4, -0.2) is 33.7 Å². The lowest BCUT2D eigenvalue weighted by Crippen LogP contribution is -2.33. The molecule has 0 heterocycles. The maximum Gasteiger partial charge on any atom is 0.336 e. The lowest BCUT2D eigenvalue weighted by Gasteiger charge is -2.40. The van der Waals surface area contributed by atoms with Crippen LogP contribution in [0.2, 0.25) is 0 Å². The fourth-order valence-corrected chi connectivity index (χ4v) is 3.52. The maximum absolute atomic E-state index is 12.6. The average Bonchev–Trinajstić information content (AvgIpc) is 2.61. The van der Waals surface area contributed by atoms with Gasteiger partial charge in [0.2, 0.25) is 0 Å². The van der Waals surface area contributed by atoms with E-state index in [-0.39, 0.29) is 28.6 Å². The number of hydrogen-bond acceptors (Lipinski definition) is 5. The Balaban J connectivity index is 2.51. The van der Waals surface area contributed by atoms with Crippen LogP contribution >= 0.6 is 0 Å². The molecule has 0 spiro atoms. The lowest BCUT2D eigenvalue weighted by molar-refractivity contribution is -0.132. The first-order valence-corrected chi connectivity index (χ1v) is 9.05. The van der Waals surface area contributed by atoms with Crippen molar-refractivity contribution in [2.45, 2.75) is 34.6 Å². The summed E-state index contributed by atoms with van der Waals surface area (Å²) in [6.07, 6.45) is 2.99. The number of allylic oxidation sites excluding steroid dienone is 3. The van der Waals surface area contributed by atoms with Crippen molar-refractivity contribution in [3.63, 3.8) is 0 Å². The van der Waals surface area contributed by atoms with Crippen molar-refractivity contribution in [1.29, 1.82) is 0 Å². The van der Waals surface area contributed by atoms with E-state index in [4.69, 9.17) is 4.74 Å². The Bertz CT molecular complexity index is 902. The largest absolute Gasteiger partial charge is 0.508 e. The Labute approximate surface area is 164 Å². The Morgan fingerprint density at radius 2 is 1.86 bits per heavy atom. The first kappa shape index (κ1) is 21.3. The number of ether oxygens (including phenoxy) is 1. The summed E-state index contributed by atoms with van der Waals surface area (Å²) in [5.74, 6) is -1.68. The minimum absolute atomic E-state index is 0.0120. The molecule has 0 fully saturated rings. The SMILES string of the molecule is CCOC1=C(C)C(C(=O)O)=C(C)C(C)(C)C1C=CC(=O)c1cc(O)ccc1O. The van der Waals surface area contributed by atoms with E-state index in [0.29, 0.717) is 23.5 Å². The summed E-state index contributed by atoms with van der Waals surface area (Å²) < 4.78 is 5.78. The topological polar surface area (TPSA) is 104 Å². The molecule has 0 saturated carbocycles. The molecule has 0 saturated heterocycles. The maximum atomic E-state index is 12.6. The fourth-order valence-electron chi connectivity index (χ4n) is 3.52. The van der Waals surface area contributed by atoms with Gasteiger partial charge in [0.15, 0.2) is 5.78 Å². The highest BCUT2D eigenvalue weighted by Gasteiger charge is 2.41. The molecule has 3 N–H and O–H groups in total. The van der Waals surface area contributed by atoms with E-state index in [1.807, 2.05) is 20.8 Å². The van der Waals surface area contributed by atoms with Crippen LogP contribution < -0.4 is 0 Å². The van der Waals surface area contributed by atoms with Crippen LogP contribution in [0.1, 0.15) is 45.0 Å². The minimum Gasteiger partial charge on any atom is -0.508 e. The van der Waals surface area contributed by atoms with E-state index < -0.39 is 17.2 Å². The zero-order valence-electron chi connectivity index (χ0n) is 16.7. The minimum atomic E-state index is -1.01. The highest BCUT2D eigenvalue weighted by atomic mass is 16.5. The van der Waals surface area contributed by atoms with Gasteiger partial charge in [-0.3, -0.25) is 4.79 Å². The molecule has 1 aliphatic rings. The molecule has 28 heavy (non-hydrogen) atoms. The standard InChI is InChI=1S/C22H26O6/c1-6-28-20-12(2)19(21(26)27)13(3)22(4,5)16(20)8-10-18(25)15-11-14(23)7-9-17(15)24/h7-11,16,23-24H,6H2,1-5H3,(H,26,27). The normalized spacial score (nSPS) is 19.2. The molecule has 0 aliphatic heterocycles. The van der Waals surface area contributed by atoms with Crippen LogP contribution in [0, 0.1) is 11.3 Å². The van der Waals surface area contributed by atoms with Crippen molar-refractivity contribution in [3.05, 3.63) is 58.4 Å². The highest BCUT2D eigenvalue weighted by Crippen LogP contribution is 2.48. The molecule has 1 aromatic carbocycles. The van der Waals surface area contributed by atoms with Crippen LogP contribution in [0.4, 0.5) is 0 Å². The molecule has 6 heteroatoms. The summed E-state index contributed by atoms with van der Waals surface area (Å²) in [6, 6.07) is 3.75. The average molecular weight is 386 g/mol. The van der Waals surface area contributed by atoms with Gasteiger partial charge in [0.25, 0.3) is 0 Å². The summed E-state index contributed by atoms with van der Waals surface area (Å²) >= 11 is 0. The lowest BCUT2D eigenvalue weighted by atomic mass is 9.66. The Hall–Kier alpha value is -3.02. The van der Waals surface area contributed by atoms with Gasteiger partial charge in [0.05, 0.1) is 17.7 Å². The number of aromatic hydroxyl groups is 2. The highest BCUT2D eigenvalue weighted by molar-refractivity contribution is 6.06. The number of carbonyl (C=O) groups is 2. The van der Waals surface area contributed by atoms with Gasteiger partial charge in [-0.2, -0.15) is 0 Å². The quantitative estimate of drug-likeness (QED) is 0.384. The molecule has 150 valence electrons. The summed E-state index contributed by atoms with van der Waals surface area (Å²) in [5.41, 5.74) is 0.851. The Morgan fingerprint density at radius 1 is 1.21 bits per heavy atom. The second-order valence-electron chi connectivity index (χ2n) is 7.35. The molecule has 1 unspecified atom stereocenters. The number of hydrogen-bond donors (Lipinski definition) is 3. The second kappa shape index (κ2) is 7.92. The van der Waals surface area contributed by atoms with Crippen molar-refractivity contribution in [2.24, 2.45) is 11.3 Å². The number of benzene rings is 1. The number of ketones is 1. The molecule has 2 rings (SSSR count). The first-order chi connectivity index (χ1) is 13.0. The van der Waals surface area contributed by atoms with Crippen LogP contribution in [0.5, 0.6) is 11.5 Å². The zero-order chi connectivity index (χ0) is 21.2. The number of carboxylic acid groups (broad SMARTS) is 1. The summed E-state index contributed by atoms with van der Waals surface area (Å²) in [5, 5.41) is 29.1. The monoisotopic (exact) mass is 386 g/mol. The van der Waals surface area contributed by atoms with Gasteiger partial charge in [0.1, 0.15) is 17.3 Å². The van der Waals surface area contributed by atoms with Gasteiger partial charge in [-0.1, -0.05) is 25.5 Å². The third kappa shape index (κ3) is 3.81. The summed E-state index contributed by atoms with van der Waals surface area (Å²) in [4.78, 5) is 24.3. The summed E-state index contributed by atoms with van der Waals surface area (Å²) in [6.45, 7) is 9.47. The molecular weight excluding hydrogens is 360 g/mol. The molecule has 6 nitrogen and oxygen atoms in total. The first-order valence-electron chi connectivity index (χ1n) is 9.05. The predicted molar refractivity (Wildman–Crippen MR) is 105 cm³/mol. The van der Waals surface area contributed by atoms with E-state index in [1.54, 1.807) is 19.9 Å². The van der Waals surface area contributed by atoms with E-state index in [9.17, 15) is 24.9 Å². The van der Waals surface area contributed by atoms with Gasteiger partial charge in [-0.05, 0) is 50.5 Å². The number of carboxylic acids is 1. The second-order valence-corrected chi connectivity index (χ2v) is 7.35. The van der Waals surface area contributed by atoms with Gasteiger partial charge in [-0.15, -0.1) is 0 Å². The fraction of sp³-hybridized carbons (Fsp3) is 0.364. The predicted octanol–water partition coefficient (Wildman–Crippen LogP) is 4.20. The van der Waals surface area contributed by atoms with Crippen LogP contribution in [0.3, 0.4) is 0 Å². The van der Waals surface area contributed by atoms with Crippen LogP contribution in [0.25, 0.3) is 0 Å². The molecular formula is C22H26O6. The number of carbonyl (C=O) groups excluding carboxylic acids is 1. The molecule has 0 aromatic heterocycles. The van der Waals surface area contributed by atoms with Gasteiger partial charge in [0, 0.05) is 11.5 Å². The number of aliphatic carboxylic acids is 1. The van der Waals surface area contributed by atoms with Crippen LogP contribution in [0.15, 0.2) is 52.8 Å². The Kier molecular flexibility index (Phi) is 6.02. The zero-order valence-corrected chi connectivity index (χ0v) is 16.7. The van der Waals surface area contributed by atoms with E-state index in [2.05, 4.69) is 0 Å². The molecule has 1 atom stereocenters. The van der Waals surface area contributed by atoms with E-state index >= 15 is 0 Å². The van der Waals surface area contributed by atoms with E-state index in [0.717, 1.165) is 0 Å². The van der Waals surface area contributed by atoms with Crippen LogP contribution in [-0.2, 0) is 9.53 Å². The number of phenols is 2. The molecule has 0 amide bonds. The van der Waals surface area contributed by atoms with Crippen molar-refractivity contribution in [2.75, 3.05) is 6.61 Å². The number of phenolic OH excluding ortho intramolecular Hbond substituents is 2. The van der Waals surface area contributed by atoms with E-state index in [1.165, 1.54) is 24.3 Å². The molecule has 1 aromatic rings. The third-order valence-electron chi connectivity index (χ3n) is 5.35. The van der Waals surface area contributed by atoms with Crippen molar-refractivity contribution < 1.29 is 29.6 Å². The molecule has 0 bridgehead atoms. The Morgan fingerprint density at radius 3 is 2.43 bits per heavy atom. The number of rotatable bonds is 6. The van der Waals surface area contributed by atoms with Gasteiger partial charge in [-0.25, -0.2) is 4.79 Å². The molecule has 0 radical (unpaired) electrons. The van der Waals surface area contributed by atoms with Crippen molar-refractivity contribution in [1.82, 2.24) is 0 Å². The van der Waals surface area contributed by atoms with Gasteiger partial charge < -0.3 is 20.1 Å². The molecule has 1 aliphatic carbocycles. The van der Waals surface area contributed by atoms with Gasteiger partial charge >= 0.3 is 5.97 Å². The third-order valence-corrected chi connectivity index (χ3v) is 5.35. The van der Waals surface area contributed by atoms with Crippen molar-refractivity contribution in [3.8, 4) is 11.5 Å². The van der Waals surface area contributed by atoms with Crippen molar-refractivity contribution >= 4 is 11.8 Å². The smallest absolute Gasteiger partial charge is 0.336 e. The summed E-state index contributed by atoms with van der Waals surface area (Å²) in [7, 11) is 0.